The number of ether oxygens (including phenoxy) is 1. The smallest absolute Gasteiger partial charge is 0.311 e. The Morgan fingerprint density at radius 2 is 2.24 bits per heavy atom. The number of carboxylic acid groups (broad SMARTS) is 1. The number of aromatic nitrogens is 1. The molecular formula is C14H19ClN2O4. The third kappa shape index (κ3) is 3.22. The molecule has 1 aromatic rings. The third-order valence-corrected chi connectivity index (χ3v) is 3.94. The van der Waals surface area contributed by atoms with Crippen LogP contribution in [0.1, 0.15) is 23.8 Å². The van der Waals surface area contributed by atoms with E-state index in [1.807, 2.05) is 6.92 Å². The van der Waals surface area contributed by atoms with Gasteiger partial charge in [-0.05, 0) is 12.5 Å². The Hall–Kier alpha value is -1.53. The highest BCUT2D eigenvalue weighted by Crippen LogP contribution is 2.22. The SMILES string of the molecule is CCCn1cc(Cl)cc1C(=O)N(C)C1COCC1C(=O)O. The van der Waals surface area contributed by atoms with Gasteiger partial charge in [0.25, 0.3) is 5.91 Å². The molecule has 2 heterocycles. The summed E-state index contributed by atoms with van der Waals surface area (Å²) in [5.74, 6) is -1.87. The summed E-state index contributed by atoms with van der Waals surface area (Å²) in [7, 11) is 1.61. The molecule has 1 aliphatic rings. The van der Waals surface area contributed by atoms with E-state index >= 15 is 0 Å². The number of halogens is 1. The average Bonchev–Trinajstić information content (AvgIpc) is 3.04. The van der Waals surface area contributed by atoms with Crippen molar-refractivity contribution < 1.29 is 19.4 Å². The zero-order chi connectivity index (χ0) is 15.6. The van der Waals surface area contributed by atoms with Crippen molar-refractivity contribution >= 4 is 23.5 Å². The Bertz CT molecular complexity index is 543. The molecule has 1 N–H and O–H groups in total. The van der Waals surface area contributed by atoms with Crippen molar-refractivity contribution in [2.45, 2.75) is 25.9 Å². The largest absolute Gasteiger partial charge is 0.481 e. The zero-order valence-electron chi connectivity index (χ0n) is 12.1. The van der Waals surface area contributed by atoms with Crippen molar-refractivity contribution in [2.24, 2.45) is 5.92 Å². The van der Waals surface area contributed by atoms with Crippen LogP contribution in [0.15, 0.2) is 12.3 Å². The lowest BCUT2D eigenvalue weighted by Gasteiger charge is -2.26. The second-order valence-electron chi connectivity index (χ2n) is 5.20. The van der Waals surface area contributed by atoms with Crippen molar-refractivity contribution in [3.8, 4) is 0 Å². The Morgan fingerprint density at radius 1 is 1.52 bits per heavy atom. The van der Waals surface area contributed by atoms with Gasteiger partial charge in [-0.3, -0.25) is 9.59 Å². The molecule has 7 heteroatoms. The fraction of sp³-hybridized carbons (Fsp3) is 0.571. The minimum atomic E-state index is -0.945. The van der Waals surface area contributed by atoms with E-state index in [0.29, 0.717) is 17.3 Å². The number of likely N-dealkylation sites (N-methyl/N-ethyl adjacent to an activating group) is 1. The molecule has 1 fully saturated rings. The molecule has 0 spiro atoms. The Balaban J connectivity index is 2.21. The fourth-order valence-electron chi connectivity index (χ4n) is 2.57. The van der Waals surface area contributed by atoms with Gasteiger partial charge in [-0.15, -0.1) is 0 Å². The summed E-state index contributed by atoms with van der Waals surface area (Å²) in [5.41, 5.74) is 0.473. The first-order valence-corrected chi connectivity index (χ1v) is 7.26. The molecule has 2 atom stereocenters. The molecular weight excluding hydrogens is 296 g/mol. The van der Waals surface area contributed by atoms with Crippen molar-refractivity contribution in [1.29, 1.82) is 0 Å². The normalized spacial score (nSPS) is 21.5. The first kappa shape index (κ1) is 15.9. The van der Waals surface area contributed by atoms with E-state index in [1.165, 1.54) is 4.90 Å². The quantitative estimate of drug-likeness (QED) is 0.898. The van der Waals surface area contributed by atoms with E-state index in [-0.39, 0.29) is 19.1 Å². The van der Waals surface area contributed by atoms with Gasteiger partial charge in [0.2, 0.25) is 0 Å². The summed E-state index contributed by atoms with van der Waals surface area (Å²) >= 11 is 5.98. The van der Waals surface area contributed by atoms with Crippen LogP contribution in [0.25, 0.3) is 0 Å². The highest BCUT2D eigenvalue weighted by molar-refractivity contribution is 6.31. The second-order valence-corrected chi connectivity index (χ2v) is 5.64. The zero-order valence-corrected chi connectivity index (χ0v) is 12.8. The number of amides is 1. The van der Waals surface area contributed by atoms with Crippen LogP contribution >= 0.6 is 11.6 Å². The van der Waals surface area contributed by atoms with Crippen LogP contribution in [-0.4, -0.2) is 52.8 Å². The summed E-state index contributed by atoms with van der Waals surface area (Å²) in [5, 5.41) is 9.68. The predicted octanol–water partition coefficient (Wildman–Crippen LogP) is 1.72. The van der Waals surface area contributed by atoms with Gasteiger partial charge >= 0.3 is 5.97 Å². The average molecular weight is 315 g/mol. The van der Waals surface area contributed by atoms with Gasteiger partial charge in [0.15, 0.2) is 0 Å². The summed E-state index contributed by atoms with van der Waals surface area (Å²) in [6, 6.07) is 1.15. The minimum Gasteiger partial charge on any atom is -0.481 e. The molecule has 1 aromatic heterocycles. The highest BCUT2D eigenvalue weighted by atomic mass is 35.5. The van der Waals surface area contributed by atoms with Crippen LogP contribution in [0.3, 0.4) is 0 Å². The Morgan fingerprint density at radius 3 is 2.86 bits per heavy atom. The molecule has 116 valence electrons. The molecule has 2 rings (SSSR count). The van der Waals surface area contributed by atoms with E-state index < -0.39 is 17.9 Å². The summed E-state index contributed by atoms with van der Waals surface area (Å²) in [6.07, 6.45) is 2.59. The molecule has 2 unspecified atom stereocenters. The first-order valence-electron chi connectivity index (χ1n) is 6.89. The van der Waals surface area contributed by atoms with Crippen molar-refractivity contribution in [2.75, 3.05) is 20.3 Å². The van der Waals surface area contributed by atoms with Crippen LogP contribution in [0.2, 0.25) is 5.02 Å². The van der Waals surface area contributed by atoms with Crippen LogP contribution in [0.4, 0.5) is 0 Å². The number of aliphatic carboxylic acids is 1. The van der Waals surface area contributed by atoms with E-state index in [0.717, 1.165) is 6.42 Å². The predicted molar refractivity (Wildman–Crippen MR) is 77.6 cm³/mol. The summed E-state index contributed by atoms with van der Waals surface area (Å²) in [4.78, 5) is 25.3. The maximum Gasteiger partial charge on any atom is 0.311 e. The van der Waals surface area contributed by atoms with Gasteiger partial charge in [-0.2, -0.15) is 0 Å². The van der Waals surface area contributed by atoms with Crippen LogP contribution in [0, 0.1) is 5.92 Å². The van der Waals surface area contributed by atoms with Gasteiger partial charge in [0, 0.05) is 19.8 Å². The number of hydrogen-bond donors (Lipinski definition) is 1. The monoisotopic (exact) mass is 314 g/mol. The second kappa shape index (κ2) is 6.49. The van der Waals surface area contributed by atoms with Crippen molar-refractivity contribution in [3.63, 3.8) is 0 Å². The molecule has 6 nitrogen and oxygen atoms in total. The molecule has 0 bridgehead atoms. The van der Waals surface area contributed by atoms with Gasteiger partial charge in [0.1, 0.15) is 11.6 Å². The number of carbonyl (C=O) groups is 2. The lowest BCUT2D eigenvalue weighted by molar-refractivity contribution is -0.142. The van der Waals surface area contributed by atoms with Gasteiger partial charge in [0.05, 0.1) is 24.3 Å². The molecule has 0 aliphatic carbocycles. The van der Waals surface area contributed by atoms with Crippen LogP contribution < -0.4 is 0 Å². The summed E-state index contributed by atoms with van der Waals surface area (Å²) in [6.45, 7) is 3.07. The Kier molecular flexibility index (Phi) is 4.90. The van der Waals surface area contributed by atoms with Crippen molar-refractivity contribution in [3.05, 3.63) is 23.0 Å². The number of hydrogen-bond acceptors (Lipinski definition) is 3. The van der Waals surface area contributed by atoms with E-state index in [9.17, 15) is 14.7 Å². The lowest BCUT2D eigenvalue weighted by Crippen LogP contribution is -2.44. The number of carbonyl (C=O) groups excluding carboxylic acids is 1. The standard InChI is InChI=1S/C14H19ClN2O4/c1-3-4-17-6-9(15)5-11(17)13(18)16(2)12-8-21-7-10(12)14(19)20/h5-6,10,12H,3-4,7-8H2,1-2H3,(H,19,20). The van der Waals surface area contributed by atoms with Crippen LogP contribution in [0.5, 0.6) is 0 Å². The Labute approximate surface area is 128 Å². The first-order chi connectivity index (χ1) is 9.95. The maximum absolute atomic E-state index is 12.6. The number of rotatable bonds is 5. The molecule has 1 aliphatic heterocycles. The van der Waals surface area contributed by atoms with Gasteiger partial charge in [-0.1, -0.05) is 18.5 Å². The molecule has 1 amide bonds. The maximum atomic E-state index is 12.6. The van der Waals surface area contributed by atoms with Crippen molar-refractivity contribution in [1.82, 2.24) is 9.47 Å². The molecule has 21 heavy (non-hydrogen) atoms. The highest BCUT2D eigenvalue weighted by Gasteiger charge is 2.39. The third-order valence-electron chi connectivity index (χ3n) is 3.73. The van der Waals surface area contributed by atoms with Gasteiger partial charge < -0.3 is 19.3 Å². The van der Waals surface area contributed by atoms with Gasteiger partial charge in [-0.25, -0.2) is 0 Å². The van der Waals surface area contributed by atoms with Crippen LogP contribution in [-0.2, 0) is 16.1 Å². The molecule has 0 radical (unpaired) electrons. The minimum absolute atomic E-state index is 0.133. The number of carboxylic acids is 1. The molecule has 0 saturated carbocycles. The van der Waals surface area contributed by atoms with E-state index in [1.54, 1.807) is 23.9 Å². The fourth-order valence-corrected chi connectivity index (χ4v) is 2.79. The lowest BCUT2D eigenvalue weighted by atomic mass is 10.0. The van der Waals surface area contributed by atoms with E-state index in [2.05, 4.69) is 0 Å². The number of nitrogens with zero attached hydrogens (tertiary/aromatic N) is 2. The van der Waals surface area contributed by atoms with E-state index in [4.69, 9.17) is 16.3 Å². The topological polar surface area (TPSA) is 71.8 Å². The molecule has 0 aromatic carbocycles. The number of aryl methyl sites for hydroxylation is 1. The molecule has 1 saturated heterocycles. The summed E-state index contributed by atoms with van der Waals surface area (Å²) < 4.78 is 7.01.